The van der Waals surface area contributed by atoms with Crippen molar-refractivity contribution in [3.8, 4) is 0 Å². The zero-order valence-corrected chi connectivity index (χ0v) is 10.2. The standard InChI is InChI=1S/C13H12FN3O2/c1-8-4-9(14)2-3-13(8)16-11-5-10(15)6-12(7-11)17(18)19/h2-7,16H,15H2,1H3. The van der Waals surface area contributed by atoms with Gasteiger partial charge >= 0.3 is 0 Å². The Morgan fingerprint density at radius 3 is 2.63 bits per heavy atom. The number of halogens is 1. The second kappa shape index (κ2) is 4.93. The van der Waals surface area contributed by atoms with E-state index in [0.717, 1.165) is 0 Å². The van der Waals surface area contributed by atoms with Crippen LogP contribution in [0.4, 0.5) is 27.1 Å². The molecule has 0 aliphatic carbocycles. The maximum atomic E-state index is 13.0. The number of anilines is 3. The van der Waals surface area contributed by atoms with Gasteiger partial charge in [0, 0.05) is 29.2 Å². The first kappa shape index (κ1) is 12.8. The predicted molar refractivity (Wildman–Crippen MR) is 71.9 cm³/mol. The lowest BCUT2D eigenvalue weighted by atomic mass is 10.1. The maximum Gasteiger partial charge on any atom is 0.273 e. The first-order valence-corrected chi connectivity index (χ1v) is 5.54. The molecule has 0 saturated heterocycles. The summed E-state index contributed by atoms with van der Waals surface area (Å²) in [6, 6.07) is 8.50. The van der Waals surface area contributed by atoms with Crippen molar-refractivity contribution in [2.24, 2.45) is 0 Å². The number of nitro benzene ring substituents is 1. The number of rotatable bonds is 3. The van der Waals surface area contributed by atoms with E-state index in [4.69, 9.17) is 5.73 Å². The van der Waals surface area contributed by atoms with E-state index in [9.17, 15) is 14.5 Å². The Bertz CT molecular complexity index is 644. The number of nitro groups is 1. The Kier molecular flexibility index (Phi) is 3.33. The lowest BCUT2D eigenvalue weighted by Crippen LogP contribution is -1.97. The molecule has 0 amide bonds. The summed E-state index contributed by atoms with van der Waals surface area (Å²) >= 11 is 0. The molecule has 0 aliphatic heterocycles. The topological polar surface area (TPSA) is 81.2 Å². The molecule has 0 spiro atoms. The molecule has 98 valence electrons. The highest BCUT2D eigenvalue weighted by Gasteiger charge is 2.09. The van der Waals surface area contributed by atoms with Crippen molar-refractivity contribution in [2.75, 3.05) is 11.1 Å². The summed E-state index contributed by atoms with van der Waals surface area (Å²) in [7, 11) is 0. The Labute approximate surface area is 109 Å². The smallest absolute Gasteiger partial charge is 0.273 e. The zero-order valence-electron chi connectivity index (χ0n) is 10.2. The molecule has 2 aromatic rings. The SMILES string of the molecule is Cc1cc(F)ccc1Nc1cc(N)cc([N+](=O)[O-])c1. The molecule has 0 radical (unpaired) electrons. The number of nitrogens with zero attached hydrogens (tertiary/aromatic N) is 1. The Morgan fingerprint density at radius 2 is 2.00 bits per heavy atom. The second-order valence-corrected chi connectivity index (χ2v) is 4.15. The fraction of sp³-hybridized carbons (Fsp3) is 0.0769. The van der Waals surface area contributed by atoms with Crippen molar-refractivity contribution in [3.05, 3.63) is 57.9 Å². The number of nitrogens with two attached hydrogens (primary N) is 1. The summed E-state index contributed by atoms with van der Waals surface area (Å²) in [5, 5.41) is 13.7. The molecule has 2 rings (SSSR count). The highest BCUT2D eigenvalue weighted by molar-refractivity contribution is 5.69. The van der Waals surface area contributed by atoms with Gasteiger partial charge in [-0.3, -0.25) is 10.1 Å². The minimum atomic E-state index is -0.515. The lowest BCUT2D eigenvalue weighted by Gasteiger charge is -2.10. The molecule has 2 aromatic carbocycles. The molecule has 0 saturated carbocycles. The average Bonchev–Trinajstić information content (AvgIpc) is 2.32. The monoisotopic (exact) mass is 261 g/mol. The molecule has 0 heterocycles. The van der Waals surface area contributed by atoms with Crippen molar-refractivity contribution in [2.45, 2.75) is 6.92 Å². The summed E-state index contributed by atoms with van der Waals surface area (Å²) in [5.74, 6) is -0.332. The van der Waals surface area contributed by atoms with Gasteiger partial charge in [-0.2, -0.15) is 0 Å². The van der Waals surface area contributed by atoms with E-state index >= 15 is 0 Å². The molecule has 6 heteroatoms. The van der Waals surface area contributed by atoms with Gasteiger partial charge in [-0.1, -0.05) is 0 Å². The van der Waals surface area contributed by atoms with E-state index in [2.05, 4.69) is 5.32 Å². The van der Waals surface area contributed by atoms with Crippen molar-refractivity contribution in [1.29, 1.82) is 0 Å². The molecule has 0 atom stereocenters. The van der Waals surface area contributed by atoms with Gasteiger partial charge in [0.15, 0.2) is 0 Å². The Morgan fingerprint density at radius 1 is 1.26 bits per heavy atom. The normalized spacial score (nSPS) is 10.2. The van der Waals surface area contributed by atoms with Crippen LogP contribution in [0, 0.1) is 22.9 Å². The molecule has 0 aromatic heterocycles. The van der Waals surface area contributed by atoms with Gasteiger partial charge in [-0.05, 0) is 36.8 Å². The van der Waals surface area contributed by atoms with Crippen LogP contribution in [0.1, 0.15) is 5.56 Å². The van der Waals surface area contributed by atoms with E-state index in [0.29, 0.717) is 16.9 Å². The van der Waals surface area contributed by atoms with Gasteiger partial charge in [0.05, 0.1) is 4.92 Å². The Hall–Kier alpha value is -2.63. The predicted octanol–water partition coefficient (Wildman–Crippen LogP) is 3.37. The van der Waals surface area contributed by atoms with Crippen LogP contribution in [-0.4, -0.2) is 4.92 Å². The Balaban J connectivity index is 2.35. The fourth-order valence-corrected chi connectivity index (χ4v) is 1.74. The molecule has 0 fully saturated rings. The van der Waals surface area contributed by atoms with Gasteiger partial charge in [0.1, 0.15) is 5.82 Å². The number of hydrogen-bond acceptors (Lipinski definition) is 4. The number of nitrogen functional groups attached to an aromatic ring is 1. The number of nitrogens with one attached hydrogen (secondary N) is 1. The van der Waals surface area contributed by atoms with Crippen molar-refractivity contribution < 1.29 is 9.31 Å². The molecule has 19 heavy (non-hydrogen) atoms. The first-order valence-electron chi connectivity index (χ1n) is 5.54. The summed E-state index contributed by atoms with van der Waals surface area (Å²) in [6.07, 6.45) is 0. The van der Waals surface area contributed by atoms with Crippen LogP contribution in [0.15, 0.2) is 36.4 Å². The lowest BCUT2D eigenvalue weighted by molar-refractivity contribution is -0.384. The van der Waals surface area contributed by atoms with Crippen LogP contribution in [0.3, 0.4) is 0 Å². The highest BCUT2D eigenvalue weighted by atomic mass is 19.1. The van der Waals surface area contributed by atoms with Crippen molar-refractivity contribution >= 4 is 22.7 Å². The average molecular weight is 261 g/mol. The molecular weight excluding hydrogens is 249 g/mol. The van der Waals surface area contributed by atoms with Crippen molar-refractivity contribution in [1.82, 2.24) is 0 Å². The van der Waals surface area contributed by atoms with Gasteiger partial charge in [-0.15, -0.1) is 0 Å². The molecule has 5 nitrogen and oxygen atoms in total. The van der Waals surface area contributed by atoms with E-state index < -0.39 is 4.92 Å². The fourth-order valence-electron chi connectivity index (χ4n) is 1.74. The molecule has 0 unspecified atom stereocenters. The minimum Gasteiger partial charge on any atom is -0.398 e. The first-order chi connectivity index (χ1) is 8.95. The number of non-ortho nitro benzene ring substituents is 1. The van der Waals surface area contributed by atoms with Crippen LogP contribution in [0.25, 0.3) is 0 Å². The zero-order chi connectivity index (χ0) is 14.0. The third kappa shape index (κ3) is 2.98. The minimum absolute atomic E-state index is 0.0951. The van der Waals surface area contributed by atoms with E-state index in [1.807, 2.05) is 0 Å². The van der Waals surface area contributed by atoms with E-state index in [1.54, 1.807) is 19.1 Å². The van der Waals surface area contributed by atoms with Gasteiger partial charge < -0.3 is 11.1 Å². The quantitative estimate of drug-likeness (QED) is 0.504. The van der Waals surface area contributed by atoms with E-state index in [1.165, 1.54) is 24.3 Å². The van der Waals surface area contributed by atoms with Crippen LogP contribution in [0.2, 0.25) is 0 Å². The third-order valence-electron chi connectivity index (χ3n) is 2.62. The molecule has 0 aliphatic rings. The summed E-state index contributed by atoms with van der Waals surface area (Å²) in [6.45, 7) is 1.74. The second-order valence-electron chi connectivity index (χ2n) is 4.15. The van der Waals surface area contributed by atoms with Crippen molar-refractivity contribution in [3.63, 3.8) is 0 Å². The molecular formula is C13H12FN3O2. The maximum absolute atomic E-state index is 13.0. The highest BCUT2D eigenvalue weighted by Crippen LogP contribution is 2.26. The number of hydrogen-bond donors (Lipinski definition) is 2. The number of benzene rings is 2. The summed E-state index contributed by atoms with van der Waals surface area (Å²) < 4.78 is 13.0. The largest absolute Gasteiger partial charge is 0.398 e. The summed E-state index contributed by atoms with van der Waals surface area (Å²) in [4.78, 5) is 10.2. The molecule has 3 N–H and O–H groups in total. The molecule has 0 bridgehead atoms. The summed E-state index contributed by atoms with van der Waals surface area (Å²) in [5.41, 5.74) is 7.66. The van der Waals surface area contributed by atoms with Gasteiger partial charge in [-0.25, -0.2) is 4.39 Å². The number of aryl methyl sites for hydroxylation is 1. The van der Waals surface area contributed by atoms with Gasteiger partial charge in [0.2, 0.25) is 0 Å². The van der Waals surface area contributed by atoms with Gasteiger partial charge in [0.25, 0.3) is 5.69 Å². The third-order valence-corrected chi connectivity index (χ3v) is 2.62. The van der Waals surface area contributed by atoms with Crippen LogP contribution < -0.4 is 11.1 Å². The van der Waals surface area contributed by atoms with Crippen LogP contribution in [0.5, 0.6) is 0 Å². The van der Waals surface area contributed by atoms with Crippen LogP contribution >= 0.6 is 0 Å². The van der Waals surface area contributed by atoms with E-state index in [-0.39, 0.29) is 17.2 Å². The van der Waals surface area contributed by atoms with Crippen LogP contribution in [-0.2, 0) is 0 Å².